The van der Waals surface area contributed by atoms with Crippen LogP contribution < -0.4 is 4.74 Å². The predicted molar refractivity (Wildman–Crippen MR) is 87.3 cm³/mol. The summed E-state index contributed by atoms with van der Waals surface area (Å²) in [6.45, 7) is 6.10. The van der Waals surface area contributed by atoms with E-state index in [1.54, 1.807) is 7.11 Å². The predicted octanol–water partition coefficient (Wildman–Crippen LogP) is 2.42. The zero-order valence-electron chi connectivity index (χ0n) is 12.8. The molecule has 5 nitrogen and oxygen atoms in total. The topological polar surface area (TPSA) is 41.7 Å². The maximum atomic E-state index is 5.25. The van der Waals surface area contributed by atoms with E-state index >= 15 is 0 Å². The zero-order chi connectivity index (χ0) is 14.5. The van der Waals surface area contributed by atoms with Crippen molar-refractivity contribution in [3.8, 4) is 5.88 Å². The number of halogens is 1. The SMILES string of the molecule is COc1cc(CN2CCN(Cc3ccccc3)CC2)on1.Cl. The van der Waals surface area contributed by atoms with Crippen molar-refractivity contribution < 1.29 is 9.26 Å². The fourth-order valence-electron chi connectivity index (χ4n) is 2.63. The second-order valence-electron chi connectivity index (χ2n) is 5.37. The van der Waals surface area contributed by atoms with Gasteiger partial charge in [-0.25, -0.2) is 0 Å². The summed E-state index contributed by atoms with van der Waals surface area (Å²) in [5.74, 6) is 1.41. The minimum Gasteiger partial charge on any atom is -0.479 e. The Kier molecular flexibility index (Phi) is 6.24. The van der Waals surface area contributed by atoms with Crippen molar-refractivity contribution in [2.75, 3.05) is 33.3 Å². The molecule has 120 valence electrons. The maximum absolute atomic E-state index is 5.25. The van der Waals surface area contributed by atoms with Crippen LogP contribution in [0.15, 0.2) is 40.9 Å². The average molecular weight is 324 g/mol. The summed E-state index contributed by atoms with van der Waals surface area (Å²) >= 11 is 0. The van der Waals surface area contributed by atoms with Gasteiger partial charge in [-0.2, -0.15) is 0 Å². The molecule has 2 heterocycles. The third kappa shape index (κ3) is 4.47. The van der Waals surface area contributed by atoms with Crippen LogP contribution in [0.5, 0.6) is 5.88 Å². The van der Waals surface area contributed by atoms with Gasteiger partial charge in [-0.05, 0) is 10.7 Å². The molecule has 1 aromatic carbocycles. The molecule has 0 bridgehead atoms. The molecule has 0 spiro atoms. The Balaban J connectivity index is 0.00000176. The van der Waals surface area contributed by atoms with Gasteiger partial charge in [-0.1, -0.05) is 30.3 Å². The molecule has 6 heteroatoms. The molecule has 3 rings (SSSR count). The summed E-state index contributed by atoms with van der Waals surface area (Å²) < 4.78 is 10.3. The molecule has 0 radical (unpaired) electrons. The highest BCUT2D eigenvalue weighted by atomic mass is 35.5. The van der Waals surface area contributed by atoms with Gasteiger partial charge in [-0.3, -0.25) is 9.80 Å². The van der Waals surface area contributed by atoms with E-state index in [-0.39, 0.29) is 12.4 Å². The minimum absolute atomic E-state index is 0. The van der Waals surface area contributed by atoms with E-state index in [0.717, 1.165) is 45.0 Å². The van der Waals surface area contributed by atoms with Gasteiger partial charge >= 0.3 is 0 Å². The van der Waals surface area contributed by atoms with Crippen molar-refractivity contribution in [1.82, 2.24) is 15.0 Å². The second kappa shape index (κ2) is 8.17. The summed E-state index contributed by atoms with van der Waals surface area (Å²) in [4.78, 5) is 4.88. The summed E-state index contributed by atoms with van der Waals surface area (Å²) in [7, 11) is 1.60. The minimum atomic E-state index is 0. The lowest BCUT2D eigenvalue weighted by Gasteiger charge is -2.34. The van der Waals surface area contributed by atoms with Crippen LogP contribution in [-0.2, 0) is 13.1 Å². The van der Waals surface area contributed by atoms with Crippen LogP contribution >= 0.6 is 12.4 Å². The molecule has 0 unspecified atom stereocenters. The van der Waals surface area contributed by atoms with Gasteiger partial charge in [0.15, 0.2) is 5.76 Å². The number of benzene rings is 1. The molecule has 2 aromatic rings. The fourth-order valence-corrected chi connectivity index (χ4v) is 2.63. The zero-order valence-corrected chi connectivity index (χ0v) is 13.6. The number of methoxy groups -OCH3 is 1. The first-order valence-electron chi connectivity index (χ1n) is 7.32. The first kappa shape index (κ1) is 16.8. The Morgan fingerprint density at radius 2 is 1.68 bits per heavy atom. The molecule has 1 aliphatic rings. The smallest absolute Gasteiger partial charge is 0.254 e. The van der Waals surface area contributed by atoms with Crippen molar-refractivity contribution in [3.05, 3.63) is 47.7 Å². The third-order valence-corrected chi connectivity index (χ3v) is 3.84. The van der Waals surface area contributed by atoms with Gasteiger partial charge in [0.2, 0.25) is 0 Å². The summed E-state index contributed by atoms with van der Waals surface area (Å²) in [6.07, 6.45) is 0. The molecular weight excluding hydrogens is 302 g/mol. The van der Waals surface area contributed by atoms with Crippen LogP contribution in [0.2, 0.25) is 0 Å². The van der Waals surface area contributed by atoms with E-state index in [1.807, 2.05) is 6.07 Å². The number of piperazine rings is 1. The fraction of sp³-hybridized carbons (Fsp3) is 0.438. The van der Waals surface area contributed by atoms with E-state index in [1.165, 1.54) is 5.56 Å². The summed E-state index contributed by atoms with van der Waals surface area (Å²) in [5, 5.41) is 3.84. The number of rotatable bonds is 5. The molecule has 1 fully saturated rings. The Labute approximate surface area is 137 Å². The van der Waals surface area contributed by atoms with E-state index in [0.29, 0.717) is 5.88 Å². The second-order valence-corrected chi connectivity index (χ2v) is 5.37. The van der Waals surface area contributed by atoms with Gasteiger partial charge < -0.3 is 9.26 Å². The van der Waals surface area contributed by atoms with Crippen molar-refractivity contribution in [2.45, 2.75) is 13.1 Å². The van der Waals surface area contributed by atoms with Crippen molar-refractivity contribution in [3.63, 3.8) is 0 Å². The summed E-state index contributed by atoms with van der Waals surface area (Å²) in [5.41, 5.74) is 1.38. The van der Waals surface area contributed by atoms with Crippen molar-refractivity contribution >= 4 is 12.4 Å². The van der Waals surface area contributed by atoms with Crippen LogP contribution in [0.25, 0.3) is 0 Å². The number of hydrogen-bond donors (Lipinski definition) is 0. The Hall–Kier alpha value is -1.56. The number of nitrogens with zero attached hydrogens (tertiary/aromatic N) is 3. The lowest BCUT2D eigenvalue weighted by molar-refractivity contribution is 0.113. The lowest BCUT2D eigenvalue weighted by atomic mass is 10.2. The number of hydrogen-bond acceptors (Lipinski definition) is 5. The average Bonchev–Trinajstić information content (AvgIpc) is 2.98. The normalized spacial score (nSPS) is 16.2. The van der Waals surface area contributed by atoms with Gasteiger partial charge in [0, 0.05) is 38.8 Å². The lowest BCUT2D eigenvalue weighted by Crippen LogP contribution is -2.45. The molecule has 0 amide bonds. The van der Waals surface area contributed by atoms with Crippen molar-refractivity contribution in [2.24, 2.45) is 0 Å². The maximum Gasteiger partial charge on any atom is 0.254 e. The quantitative estimate of drug-likeness (QED) is 0.845. The van der Waals surface area contributed by atoms with Crippen LogP contribution in [0, 0.1) is 0 Å². The van der Waals surface area contributed by atoms with E-state index in [4.69, 9.17) is 9.26 Å². The van der Waals surface area contributed by atoms with Crippen molar-refractivity contribution in [1.29, 1.82) is 0 Å². The largest absolute Gasteiger partial charge is 0.479 e. The Bertz CT molecular complexity index is 554. The molecule has 1 saturated heterocycles. The molecular formula is C16H22ClN3O2. The van der Waals surface area contributed by atoms with Crippen LogP contribution in [0.3, 0.4) is 0 Å². The Morgan fingerprint density at radius 3 is 2.27 bits per heavy atom. The van der Waals surface area contributed by atoms with Gasteiger partial charge in [0.05, 0.1) is 13.7 Å². The number of ether oxygens (including phenoxy) is 1. The molecule has 0 atom stereocenters. The Morgan fingerprint density at radius 1 is 1.05 bits per heavy atom. The molecule has 0 N–H and O–H groups in total. The highest BCUT2D eigenvalue weighted by Crippen LogP contribution is 2.15. The van der Waals surface area contributed by atoms with Gasteiger partial charge in [0.1, 0.15) is 0 Å². The summed E-state index contributed by atoms with van der Waals surface area (Å²) in [6, 6.07) is 12.5. The van der Waals surface area contributed by atoms with E-state index in [9.17, 15) is 0 Å². The highest BCUT2D eigenvalue weighted by Gasteiger charge is 2.18. The third-order valence-electron chi connectivity index (χ3n) is 3.84. The van der Waals surface area contributed by atoms with Gasteiger partial charge in [-0.15, -0.1) is 12.4 Å². The standard InChI is InChI=1S/C16H21N3O2.ClH/c1-20-16-11-15(21-17-16)13-19-9-7-18(8-10-19)12-14-5-3-2-4-6-14;/h2-6,11H,7-10,12-13H2,1H3;1H. The van der Waals surface area contributed by atoms with Crippen LogP contribution in [0.4, 0.5) is 0 Å². The molecule has 1 aromatic heterocycles. The van der Waals surface area contributed by atoms with E-state index < -0.39 is 0 Å². The highest BCUT2D eigenvalue weighted by molar-refractivity contribution is 5.85. The van der Waals surface area contributed by atoms with E-state index in [2.05, 4.69) is 45.3 Å². The molecule has 0 saturated carbocycles. The molecule has 0 aliphatic carbocycles. The monoisotopic (exact) mass is 323 g/mol. The molecule has 1 aliphatic heterocycles. The molecule has 22 heavy (non-hydrogen) atoms. The van der Waals surface area contributed by atoms with Gasteiger partial charge in [0.25, 0.3) is 5.88 Å². The first-order valence-corrected chi connectivity index (χ1v) is 7.32. The first-order chi connectivity index (χ1) is 10.3. The van der Waals surface area contributed by atoms with Crippen LogP contribution in [-0.4, -0.2) is 48.2 Å². The number of aromatic nitrogens is 1. The van der Waals surface area contributed by atoms with Crippen LogP contribution in [0.1, 0.15) is 11.3 Å².